The second-order valence-corrected chi connectivity index (χ2v) is 4.40. The summed E-state index contributed by atoms with van der Waals surface area (Å²) in [6.45, 7) is 0.949. The molecule has 0 saturated heterocycles. The highest BCUT2D eigenvalue weighted by molar-refractivity contribution is 8.00. The zero-order chi connectivity index (χ0) is 12.7. The van der Waals surface area contributed by atoms with Gasteiger partial charge < -0.3 is 15.8 Å². The Bertz CT molecular complexity index is 367. The van der Waals surface area contributed by atoms with E-state index in [-0.39, 0.29) is 11.7 Å². The molecule has 1 aromatic rings. The number of nitrogens with two attached hydrogens (primary N) is 1. The summed E-state index contributed by atoms with van der Waals surface area (Å²) in [5, 5.41) is 2.67. The number of carbonyl (C=O) groups excluding carboxylic acids is 1. The average Bonchev–Trinajstić information content (AvgIpc) is 2.25. The van der Waals surface area contributed by atoms with Gasteiger partial charge in [0.15, 0.2) is 0 Å². The molecule has 0 aliphatic rings. The molecule has 0 aliphatic carbocycles. The van der Waals surface area contributed by atoms with Gasteiger partial charge in [0.05, 0.1) is 12.4 Å². The summed E-state index contributed by atoms with van der Waals surface area (Å²) in [6.07, 6.45) is 0. The minimum atomic E-state index is -0.396. The van der Waals surface area contributed by atoms with Crippen molar-refractivity contribution in [2.45, 2.75) is 4.90 Å². The number of hydrogen-bond acceptors (Lipinski definition) is 4. The van der Waals surface area contributed by atoms with Gasteiger partial charge in [-0.2, -0.15) is 0 Å². The first-order chi connectivity index (χ1) is 8.11. The second-order valence-electron chi connectivity index (χ2n) is 3.35. The lowest BCUT2D eigenvalue weighted by molar-refractivity contribution is -0.118. The van der Waals surface area contributed by atoms with Crippen molar-refractivity contribution in [3.63, 3.8) is 0 Å². The van der Waals surface area contributed by atoms with E-state index in [1.165, 1.54) is 23.9 Å². The van der Waals surface area contributed by atoms with Gasteiger partial charge in [-0.3, -0.25) is 4.79 Å². The molecule has 3 N–H and O–H groups in total. The molecule has 94 valence electrons. The highest BCUT2D eigenvalue weighted by Gasteiger charge is 2.04. The molecule has 0 atom stereocenters. The molecule has 0 aromatic heterocycles. The molecule has 0 unspecified atom stereocenters. The fraction of sp³-hybridized carbons (Fsp3) is 0.364. The van der Waals surface area contributed by atoms with Crippen molar-refractivity contribution >= 4 is 23.4 Å². The standard InChI is InChI=1S/C11H15FN2O2S/c1-16-3-2-14-11(15)7-17-10-5-8(12)4-9(13)6-10/h4-6H,2-3,7,13H2,1H3,(H,14,15). The van der Waals surface area contributed by atoms with Crippen LogP contribution in [0.1, 0.15) is 0 Å². The number of rotatable bonds is 6. The summed E-state index contributed by atoms with van der Waals surface area (Å²) < 4.78 is 17.8. The molecule has 6 heteroatoms. The minimum absolute atomic E-state index is 0.116. The van der Waals surface area contributed by atoms with Gasteiger partial charge in [-0.15, -0.1) is 11.8 Å². The van der Waals surface area contributed by atoms with Gasteiger partial charge >= 0.3 is 0 Å². The Hall–Kier alpha value is -1.27. The summed E-state index contributed by atoms with van der Waals surface area (Å²) in [6, 6.07) is 4.22. The van der Waals surface area contributed by atoms with Crippen LogP contribution in [0, 0.1) is 5.82 Å². The van der Waals surface area contributed by atoms with E-state index in [4.69, 9.17) is 10.5 Å². The summed E-state index contributed by atoms with van der Waals surface area (Å²) in [5.41, 5.74) is 5.85. The Balaban J connectivity index is 2.36. The van der Waals surface area contributed by atoms with Crippen molar-refractivity contribution in [3.8, 4) is 0 Å². The number of benzene rings is 1. The number of amides is 1. The van der Waals surface area contributed by atoms with Crippen molar-refractivity contribution in [1.82, 2.24) is 5.32 Å². The Morgan fingerprint density at radius 2 is 2.29 bits per heavy atom. The number of carbonyl (C=O) groups is 1. The first-order valence-corrected chi connectivity index (χ1v) is 6.05. The van der Waals surface area contributed by atoms with E-state index in [0.29, 0.717) is 23.7 Å². The number of halogens is 1. The molecule has 0 saturated carbocycles. The Morgan fingerprint density at radius 1 is 1.53 bits per heavy atom. The van der Waals surface area contributed by atoms with Crippen LogP contribution in [0.2, 0.25) is 0 Å². The fourth-order valence-electron chi connectivity index (χ4n) is 1.16. The lowest BCUT2D eigenvalue weighted by atomic mass is 10.3. The third-order valence-corrected chi connectivity index (χ3v) is 2.87. The number of ether oxygens (including phenoxy) is 1. The van der Waals surface area contributed by atoms with E-state index in [9.17, 15) is 9.18 Å². The van der Waals surface area contributed by atoms with Crippen molar-refractivity contribution in [2.75, 3.05) is 31.7 Å². The lowest BCUT2D eigenvalue weighted by Crippen LogP contribution is -2.28. The predicted octanol–water partition coefficient (Wildman–Crippen LogP) is 1.26. The molecule has 1 aromatic carbocycles. The topological polar surface area (TPSA) is 64.3 Å². The summed E-state index contributed by atoms with van der Waals surface area (Å²) >= 11 is 1.24. The van der Waals surface area contributed by atoms with Crippen LogP contribution in [0.25, 0.3) is 0 Å². The van der Waals surface area contributed by atoms with Crippen LogP contribution in [0.5, 0.6) is 0 Å². The summed E-state index contributed by atoms with van der Waals surface area (Å²) in [7, 11) is 1.57. The van der Waals surface area contributed by atoms with E-state index in [2.05, 4.69) is 5.32 Å². The van der Waals surface area contributed by atoms with Gasteiger partial charge in [-0.05, 0) is 18.2 Å². The molecule has 0 heterocycles. The number of thioether (sulfide) groups is 1. The third kappa shape index (κ3) is 5.55. The van der Waals surface area contributed by atoms with Gasteiger partial charge in [0.1, 0.15) is 5.82 Å². The van der Waals surface area contributed by atoms with Crippen molar-refractivity contribution < 1.29 is 13.9 Å². The SMILES string of the molecule is COCCNC(=O)CSc1cc(N)cc(F)c1. The van der Waals surface area contributed by atoms with E-state index >= 15 is 0 Å². The highest BCUT2D eigenvalue weighted by atomic mass is 32.2. The zero-order valence-electron chi connectivity index (χ0n) is 9.53. The Labute approximate surface area is 104 Å². The van der Waals surface area contributed by atoms with Crippen LogP contribution in [0.3, 0.4) is 0 Å². The van der Waals surface area contributed by atoms with Crippen molar-refractivity contribution in [1.29, 1.82) is 0 Å². The molecule has 0 radical (unpaired) electrons. The Kier molecular flexibility index (Phi) is 5.79. The maximum atomic E-state index is 13.0. The van der Waals surface area contributed by atoms with E-state index in [1.54, 1.807) is 13.2 Å². The fourth-order valence-corrected chi connectivity index (χ4v) is 1.98. The quantitative estimate of drug-likeness (QED) is 0.458. The lowest BCUT2D eigenvalue weighted by Gasteiger charge is -2.05. The minimum Gasteiger partial charge on any atom is -0.399 e. The number of nitrogens with one attached hydrogen (secondary N) is 1. The van der Waals surface area contributed by atoms with E-state index < -0.39 is 5.82 Å². The molecular weight excluding hydrogens is 243 g/mol. The molecule has 4 nitrogen and oxygen atoms in total. The molecular formula is C11H15FN2O2S. The van der Waals surface area contributed by atoms with E-state index in [0.717, 1.165) is 0 Å². The molecule has 0 bridgehead atoms. The van der Waals surface area contributed by atoms with Crippen LogP contribution in [-0.2, 0) is 9.53 Å². The number of nitrogen functional groups attached to an aromatic ring is 1. The van der Waals surface area contributed by atoms with Crippen LogP contribution < -0.4 is 11.1 Å². The maximum absolute atomic E-state index is 13.0. The van der Waals surface area contributed by atoms with Crippen molar-refractivity contribution in [2.24, 2.45) is 0 Å². The van der Waals surface area contributed by atoms with E-state index in [1.807, 2.05) is 0 Å². The van der Waals surface area contributed by atoms with Gasteiger partial charge in [0.25, 0.3) is 0 Å². The number of methoxy groups -OCH3 is 1. The first-order valence-electron chi connectivity index (χ1n) is 5.06. The summed E-state index contributed by atoms with van der Waals surface area (Å²) in [5.74, 6) is -0.283. The highest BCUT2D eigenvalue weighted by Crippen LogP contribution is 2.21. The number of anilines is 1. The normalized spacial score (nSPS) is 10.2. The first kappa shape index (κ1) is 13.8. The largest absolute Gasteiger partial charge is 0.399 e. The summed E-state index contributed by atoms with van der Waals surface area (Å²) in [4.78, 5) is 12.0. The van der Waals surface area contributed by atoms with Crippen LogP contribution in [-0.4, -0.2) is 31.9 Å². The van der Waals surface area contributed by atoms with Gasteiger partial charge in [-0.1, -0.05) is 0 Å². The third-order valence-electron chi connectivity index (χ3n) is 1.89. The Morgan fingerprint density at radius 3 is 2.94 bits per heavy atom. The smallest absolute Gasteiger partial charge is 0.230 e. The molecule has 1 rings (SSSR count). The maximum Gasteiger partial charge on any atom is 0.230 e. The van der Waals surface area contributed by atoms with Crippen LogP contribution in [0.4, 0.5) is 10.1 Å². The molecule has 1 amide bonds. The predicted molar refractivity (Wildman–Crippen MR) is 66.4 cm³/mol. The van der Waals surface area contributed by atoms with Gasteiger partial charge in [-0.25, -0.2) is 4.39 Å². The van der Waals surface area contributed by atoms with Gasteiger partial charge in [0, 0.05) is 24.2 Å². The van der Waals surface area contributed by atoms with Crippen LogP contribution >= 0.6 is 11.8 Å². The van der Waals surface area contributed by atoms with Crippen molar-refractivity contribution in [3.05, 3.63) is 24.0 Å². The zero-order valence-corrected chi connectivity index (χ0v) is 10.3. The second kappa shape index (κ2) is 7.13. The van der Waals surface area contributed by atoms with Crippen LogP contribution in [0.15, 0.2) is 23.1 Å². The van der Waals surface area contributed by atoms with Gasteiger partial charge in [0.2, 0.25) is 5.91 Å². The molecule has 0 fully saturated rings. The molecule has 17 heavy (non-hydrogen) atoms. The average molecular weight is 258 g/mol. The molecule has 0 aliphatic heterocycles. The monoisotopic (exact) mass is 258 g/mol. The number of hydrogen-bond donors (Lipinski definition) is 2. The molecule has 0 spiro atoms.